The van der Waals surface area contributed by atoms with Crippen molar-refractivity contribution in [3.05, 3.63) is 0 Å². The summed E-state index contributed by atoms with van der Waals surface area (Å²) in [4.78, 5) is 0. The average Bonchev–Trinajstić information content (AvgIpc) is 1.50. The quantitative estimate of drug-likeness (QED) is 0.375. The second-order valence-corrected chi connectivity index (χ2v) is 0. The first-order chi connectivity index (χ1) is 2.00. The van der Waals surface area contributed by atoms with E-state index in [1.807, 2.05) is 38.0 Å². The maximum absolute atomic E-state index is 2.92. The van der Waals surface area contributed by atoms with Crippen LogP contribution in [-0.4, -0.2) is 0 Å². The summed E-state index contributed by atoms with van der Waals surface area (Å²) in [6, 6.07) is 0. The van der Waals surface area contributed by atoms with Gasteiger partial charge in [0, 0.05) is 0 Å². The molecule has 4 heteroatoms. The zero-order valence-corrected chi connectivity index (χ0v) is 8.64. The van der Waals surface area contributed by atoms with Crippen LogP contribution in [0.3, 0.4) is 0 Å². The molecule has 0 nitrogen and oxygen atoms in total. The van der Waals surface area contributed by atoms with Gasteiger partial charge in [-0.1, -0.05) is 0 Å². The Morgan fingerprint density at radius 1 is 0.750 bits per heavy atom. The normalized spacial score (nSPS) is 3.50. The zero-order chi connectivity index (χ0) is 4.00. The molecule has 4 heavy (non-hydrogen) atoms. The van der Waals surface area contributed by atoms with Crippen LogP contribution in [0.1, 0.15) is 0 Å². The average molecular weight is 470 g/mol. The fraction of sp³-hybridized carbons (Fsp3) is 0. The number of halogens is 2. The summed E-state index contributed by atoms with van der Waals surface area (Å²) < 4.78 is 0. The van der Waals surface area contributed by atoms with Crippen molar-refractivity contribution in [2.75, 3.05) is 0 Å². The third-order valence-corrected chi connectivity index (χ3v) is 0. The third-order valence-electron chi connectivity index (χ3n) is 0. The van der Waals surface area contributed by atoms with Gasteiger partial charge in [0.15, 0.2) is 0 Å². The molecule has 0 fully saturated rings. The van der Waals surface area contributed by atoms with Gasteiger partial charge in [0.2, 0.25) is 0 Å². The second kappa shape index (κ2) is 16.8. The van der Waals surface area contributed by atoms with Gasteiger partial charge in [-0.15, -0.1) is 0 Å². The SMILES string of the molecule is [Ag][I].[Ag][I]. The minimum absolute atomic E-state index is 1.96. The Hall–Kier alpha value is 2.94. The van der Waals surface area contributed by atoms with E-state index in [-0.39, 0.29) is 0 Å². The molecule has 0 saturated carbocycles. The number of hydrogen-bond donors (Lipinski definition) is 0. The zero-order valence-electron chi connectivity index (χ0n) is 1.36. The predicted octanol–water partition coefficient (Wildman–Crippen LogP) is 1.77. The molecule has 0 aliphatic rings. The summed E-state index contributed by atoms with van der Waals surface area (Å²) in [6.07, 6.45) is 0. The van der Waals surface area contributed by atoms with E-state index in [1.165, 1.54) is 0 Å². The molecule has 0 amide bonds. The van der Waals surface area contributed by atoms with Crippen LogP contribution in [0.4, 0.5) is 0 Å². The molecule has 0 unspecified atom stereocenters. The summed E-state index contributed by atoms with van der Waals surface area (Å²) >= 11 is 9.76. The van der Waals surface area contributed by atoms with Crippen LogP contribution in [0.15, 0.2) is 0 Å². The first-order valence-corrected chi connectivity index (χ1v) is 9.05. The molecular weight excluding hydrogens is 470 g/mol. The van der Waals surface area contributed by atoms with E-state index in [9.17, 15) is 0 Å². The predicted molar refractivity (Wildman–Crippen MR) is 28.0 cm³/mol. The van der Waals surface area contributed by atoms with Gasteiger partial charge in [-0.25, -0.2) is 0 Å². The van der Waals surface area contributed by atoms with E-state index in [0.717, 1.165) is 0 Å². The molecule has 0 aliphatic carbocycles. The maximum atomic E-state index is 2.92. The van der Waals surface area contributed by atoms with Gasteiger partial charge in [0.25, 0.3) is 0 Å². The molecule has 0 aromatic rings. The Bertz CT molecular complexity index is 4.00. The topological polar surface area (TPSA) is 0 Å². The van der Waals surface area contributed by atoms with Crippen molar-refractivity contribution in [2.24, 2.45) is 0 Å². The van der Waals surface area contributed by atoms with Crippen LogP contribution >= 0.6 is 38.0 Å². The fourth-order valence-electron chi connectivity index (χ4n) is 0. The van der Waals surface area contributed by atoms with E-state index in [1.54, 1.807) is 0 Å². The molecule has 0 aliphatic heterocycles. The van der Waals surface area contributed by atoms with Crippen LogP contribution < -0.4 is 0 Å². The van der Waals surface area contributed by atoms with Gasteiger partial charge in [-0.3, -0.25) is 0 Å². The standard InChI is InChI=1S/2Ag.2HI/h;;2*1H/q2*+1;;/p-2. The van der Waals surface area contributed by atoms with E-state index in [4.69, 9.17) is 0 Å². The van der Waals surface area contributed by atoms with Crippen molar-refractivity contribution in [2.45, 2.75) is 0 Å². The van der Waals surface area contributed by atoms with Gasteiger partial charge in [-0.2, -0.15) is 0 Å². The molecule has 0 saturated heterocycles. The minimum atomic E-state index is 1.96. The van der Waals surface area contributed by atoms with E-state index < -0.39 is 0 Å². The van der Waals surface area contributed by atoms with Crippen LogP contribution in [0.25, 0.3) is 0 Å². The Balaban J connectivity index is 0. The molecular formula is Ag2I2. The third kappa shape index (κ3) is 8.87. The molecule has 0 bridgehead atoms. The monoisotopic (exact) mass is 468 g/mol. The van der Waals surface area contributed by atoms with Crippen molar-refractivity contribution >= 4 is 38.0 Å². The van der Waals surface area contributed by atoms with Gasteiger partial charge >= 0.3 is 72.5 Å². The van der Waals surface area contributed by atoms with Crippen molar-refractivity contribution < 1.29 is 34.5 Å². The van der Waals surface area contributed by atoms with Crippen molar-refractivity contribution in [3.8, 4) is 0 Å². The van der Waals surface area contributed by atoms with Crippen LogP contribution in [-0.2, 0) is 34.5 Å². The molecule has 0 spiro atoms. The van der Waals surface area contributed by atoms with Gasteiger partial charge < -0.3 is 0 Å². The first-order valence-electron chi connectivity index (χ1n) is 0.228. The Morgan fingerprint density at radius 3 is 0.750 bits per heavy atom. The molecule has 0 aromatic carbocycles. The molecule has 0 heterocycles. The summed E-state index contributed by atoms with van der Waals surface area (Å²) in [5.41, 5.74) is 0. The molecule has 0 atom stereocenters. The molecule has 0 N–H and O–H groups in total. The van der Waals surface area contributed by atoms with Crippen molar-refractivity contribution in [1.29, 1.82) is 0 Å². The summed E-state index contributed by atoms with van der Waals surface area (Å²) in [5.74, 6) is 0. The van der Waals surface area contributed by atoms with Gasteiger partial charge in [-0.05, 0) is 0 Å². The van der Waals surface area contributed by atoms with Crippen LogP contribution in [0, 0.1) is 0 Å². The summed E-state index contributed by atoms with van der Waals surface area (Å²) in [5, 5.41) is 0. The van der Waals surface area contributed by atoms with E-state index in [0.29, 0.717) is 0 Å². The van der Waals surface area contributed by atoms with Crippen molar-refractivity contribution in [3.63, 3.8) is 0 Å². The second-order valence-electron chi connectivity index (χ2n) is 0. The molecule has 0 rings (SSSR count). The summed E-state index contributed by atoms with van der Waals surface area (Å²) in [6.45, 7) is 0. The van der Waals surface area contributed by atoms with Gasteiger partial charge in [0.1, 0.15) is 0 Å². The van der Waals surface area contributed by atoms with Crippen LogP contribution in [0.5, 0.6) is 0 Å². The van der Waals surface area contributed by atoms with Gasteiger partial charge in [0.05, 0.1) is 0 Å². The molecule has 0 aromatic heterocycles. The number of hydrogen-bond acceptors (Lipinski definition) is 0. The van der Waals surface area contributed by atoms with E-state index >= 15 is 0 Å². The summed E-state index contributed by atoms with van der Waals surface area (Å²) in [7, 11) is 0. The fourth-order valence-corrected chi connectivity index (χ4v) is 0. The first kappa shape index (κ1) is 10.0. The Kier molecular flexibility index (Phi) is 42.1. The Morgan fingerprint density at radius 2 is 0.750 bits per heavy atom. The molecule has 36 valence electrons. The van der Waals surface area contributed by atoms with Crippen molar-refractivity contribution in [1.82, 2.24) is 0 Å². The number of rotatable bonds is 0. The Labute approximate surface area is 70.8 Å². The molecule has 0 radical (unpaired) electrons. The van der Waals surface area contributed by atoms with Crippen LogP contribution in [0.2, 0.25) is 0 Å². The van der Waals surface area contributed by atoms with E-state index in [2.05, 4.69) is 34.5 Å².